The second-order valence-electron chi connectivity index (χ2n) is 4.65. The number of halogens is 1. The van der Waals surface area contributed by atoms with E-state index in [4.69, 9.17) is 5.11 Å². The van der Waals surface area contributed by atoms with Gasteiger partial charge in [0.25, 0.3) is 0 Å². The number of carbonyl (C=O) groups is 1. The van der Waals surface area contributed by atoms with Gasteiger partial charge in [-0.3, -0.25) is 4.79 Å². The molecule has 2 aromatic carbocycles. The molecule has 0 bridgehead atoms. The van der Waals surface area contributed by atoms with Crippen molar-refractivity contribution < 1.29 is 9.90 Å². The highest BCUT2D eigenvalue weighted by Crippen LogP contribution is 2.23. The van der Waals surface area contributed by atoms with E-state index in [-0.39, 0.29) is 6.42 Å². The van der Waals surface area contributed by atoms with Crippen LogP contribution >= 0.6 is 15.9 Å². The molecule has 0 radical (unpaired) electrons. The Bertz CT molecular complexity index is 608. The van der Waals surface area contributed by atoms with Crippen LogP contribution in [0.3, 0.4) is 0 Å². The van der Waals surface area contributed by atoms with Gasteiger partial charge in [0.1, 0.15) is 0 Å². The average molecular weight is 334 g/mol. The molecular formula is C16H16BrNO2. The lowest BCUT2D eigenvalue weighted by Crippen LogP contribution is -2.03. The molecule has 2 aromatic rings. The molecule has 0 saturated carbocycles. The molecule has 2 N–H and O–H groups in total. The van der Waals surface area contributed by atoms with E-state index in [1.807, 2.05) is 42.5 Å². The summed E-state index contributed by atoms with van der Waals surface area (Å²) in [5.74, 6) is -0.805. The van der Waals surface area contributed by atoms with Gasteiger partial charge in [-0.2, -0.15) is 0 Å². The lowest BCUT2D eigenvalue weighted by Gasteiger charge is -2.11. The minimum absolute atomic E-state index is 0.0679. The van der Waals surface area contributed by atoms with Crippen LogP contribution in [0.25, 0.3) is 0 Å². The zero-order valence-corrected chi connectivity index (χ0v) is 12.8. The maximum atomic E-state index is 10.6. The fourth-order valence-electron chi connectivity index (χ4n) is 1.95. The van der Waals surface area contributed by atoms with Gasteiger partial charge in [-0.05, 0) is 35.7 Å². The molecule has 104 valence electrons. The Morgan fingerprint density at radius 3 is 2.45 bits per heavy atom. The zero-order valence-electron chi connectivity index (χ0n) is 11.2. The normalized spacial score (nSPS) is 10.3. The van der Waals surface area contributed by atoms with Crippen molar-refractivity contribution in [2.45, 2.75) is 19.9 Å². The monoisotopic (exact) mass is 333 g/mol. The summed E-state index contributed by atoms with van der Waals surface area (Å²) in [6, 6.07) is 13.7. The average Bonchev–Trinajstić information content (AvgIpc) is 2.41. The van der Waals surface area contributed by atoms with E-state index in [9.17, 15) is 4.79 Å². The molecule has 20 heavy (non-hydrogen) atoms. The molecule has 0 heterocycles. The number of hydrogen-bond acceptors (Lipinski definition) is 2. The number of nitrogens with one attached hydrogen (secondary N) is 1. The van der Waals surface area contributed by atoms with Crippen LogP contribution in [0.2, 0.25) is 0 Å². The van der Waals surface area contributed by atoms with Crippen LogP contribution in [-0.4, -0.2) is 11.1 Å². The van der Waals surface area contributed by atoms with Gasteiger partial charge in [-0.25, -0.2) is 0 Å². The largest absolute Gasteiger partial charge is 0.481 e. The molecule has 0 aromatic heterocycles. The Morgan fingerprint density at radius 2 is 1.80 bits per heavy atom. The third kappa shape index (κ3) is 3.84. The van der Waals surface area contributed by atoms with Gasteiger partial charge in [0.2, 0.25) is 0 Å². The van der Waals surface area contributed by atoms with Crippen molar-refractivity contribution >= 4 is 27.6 Å². The van der Waals surface area contributed by atoms with Crippen molar-refractivity contribution in [3.8, 4) is 0 Å². The molecule has 0 fully saturated rings. The van der Waals surface area contributed by atoms with Crippen molar-refractivity contribution in [1.29, 1.82) is 0 Å². The maximum Gasteiger partial charge on any atom is 0.307 e. The summed E-state index contributed by atoms with van der Waals surface area (Å²) in [6.07, 6.45) is 0.0679. The van der Waals surface area contributed by atoms with E-state index >= 15 is 0 Å². The van der Waals surface area contributed by atoms with E-state index in [2.05, 4.69) is 28.2 Å². The molecule has 0 spiro atoms. The fourth-order valence-corrected chi connectivity index (χ4v) is 2.31. The molecule has 0 aliphatic rings. The van der Waals surface area contributed by atoms with Crippen LogP contribution < -0.4 is 5.32 Å². The van der Waals surface area contributed by atoms with Crippen LogP contribution in [-0.2, 0) is 17.8 Å². The van der Waals surface area contributed by atoms with Gasteiger partial charge in [-0.1, -0.05) is 46.3 Å². The molecule has 0 saturated heterocycles. The predicted molar refractivity (Wildman–Crippen MR) is 84.0 cm³/mol. The summed E-state index contributed by atoms with van der Waals surface area (Å²) in [5, 5.41) is 12.1. The number of carboxylic acid groups (broad SMARTS) is 1. The lowest BCUT2D eigenvalue weighted by atomic mass is 10.1. The first-order chi connectivity index (χ1) is 9.56. The van der Waals surface area contributed by atoms with Crippen molar-refractivity contribution in [3.05, 3.63) is 63.6 Å². The summed E-state index contributed by atoms with van der Waals surface area (Å²) in [6.45, 7) is 2.77. The number of carboxylic acids is 1. The molecule has 0 amide bonds. The summed E-state index contributed by atoms with van der Waals surface area (Å²) >= 11 is 3.51. The smallest absolute Gasteiger partial charge is 0.307 e. The van der Waals surface area contributed by atoms with Crippen LogP contribution in [0, 0.1) is 6.92 Å². The van der Waals surface area contributed by atoms with E-state index < -0.39 is 5.97 Å². The van der Waals surface area contributed by atoms with Crippen LogP contribution in [0.5, 0.6) is 0 Å². The molecule has 2 rings (SSSR count). The van der Waals surface area contributed by atoms with Gasteiger partial charge < -0.3 is 10.4 Å². The summed E-state index contributed by atoms with van der Waals surface area (Å²) in [5.41, 5.74) is 4.21. The molecular weight excluding hydrogens is 318 g/mol. The Balaban J connectivity index is 2.00. The minimum atomic E-state index is -0.805. The molecule has 0 aliphatic carbocycles. The molecule has 0 atom stereocenters. The molecule has 3 nitrogen and oxygen atoms in total. The Labute approximate surface area is 126 Å². The van der Waals surface area contributed by atoms with Gasteiger partial charge in [0.05, 0.1) is 6.42 Å². The SMILES string of the molecule is Cc1c(Br)cccc1NCc1ccc(CC(=O)O)cc1. The Hall–Kier alpha value is -1.81. The van der Waals surface area contributed by atoms with Gasteiger partial charge in [0, 0.05) is 16.7 Å². The lowest BCUT2D eigenvalue weighted by molar-refractivity contribution is -0.136. The zero-order chi connectivity index (χ0) is 14.5. The first kappa shape index (κ1) is 14.6. The Kier molecular flexibility index (Phi) is 4.79. The quantitative estimate of drug-likeness (QED) is 0.869. The van der Waals surface area contributed by atoms with Crippen LogP contribution in [0.15, 0.2) is 46.9 Å². The van der Waals surface area contributed by atoms with Gasteiger partial charge >= 0.3 is 5.97 Å². The third-order valence-electron chi connectivity index (χ3n) is 3.13. The first-order valence-corrected chi connectivity index (χ1v) is 7.14. The van der Waals surface area contributed by atoms with Crippen LogP contribution in [0.4, 0.5) is 5.69 Å². The standard InChI is InChI=1S/C16H16BrNO2/c1-11-14(17)3-2-4-15(11)18-10-13-7-5-12(6-8-13)9-16(19)20/h2-8,18H,9-10H2,1H3,(H,19,20). The predicted octanol–water partition coefficient (Wildman–Crippen LogP) is 4.00. The molecule has 0 unspecified atom stereocenters. The topological polar surface area (TPSA) is 49.3 Å². The number of hydrogen-bond donors (Lipinski definition) is 2. The highest BCUT2D eigenvalue weighted by Gasteiger charge is 2.03. The van der Waals surface area contributed by atoms with Crippen molar-refractivity contribution in [2.75, 3.05) is 5.32 Å². The van der Waals surface area contributed by atoms with E-state index in [0.29, 0.717) is 6.54 Å². The second kappa shape index (κ2) is 6.57. The van der Waals surface area contributed by atoms with Crippen molar-refractivity contribution in [3.63, 3.8) is 0 Å². The number of benzene rings is 2. The van der Waals surface area contributed by atoms with E-state index in [1.165, 1.54) is 5.56 Å². The van der Waals surface area contributed by atoms with E-state index in [0.717, 1.165) is 21.3 Å². The number of aliphatic carboxylic acids is 1. The first-order valence-electron chi connectivity index (χ1n) is 6.35. The summed E-state index contributed by atoms with van der Waals surface area (Å²) < 4.78 is 1.08. The van der Waals surface area contributed by atoms with Crippen LogP contribution in [0.1, 0.15) is 16.7 Å². The van der Waals surface area contributed by atoms with Gasteiger partial charge in [-0.15, -0.1) is 0 Å². The maximum absolute atomic E-state index is 10.6. The number of anilines is 1. The van der Waals surface area contributed by atoms with E-state index in [1.54, 1.807) is 0 Å². The third-order valence-corrected chi connectivity index (χ3v) is 3.99. The highest BCUT2D eigenvalue weighted by molar-refractivity contribution is 9.10. The molecule has 0 aliphatic heterocycles. The van der Waals surface area contributed by atoms with Crippen molar-refractivity contribution in [2.24, 2.45) is 0 Å². The van der Waals surface area contributed by atoms with Crippen molar-refractivity contribution in [1.82, 2.24) is 0 Å². The summed E-state index contributed by atoms with van der Waals surface area (Å²) in [4.78, 5) is 10.6. The minimum Gasteiger partial charge on any atom is -0.481 e. The second-order valence-corrected chi connectivity index (χ2v) is 5.51. The fraction of sp³-hybridized carbons (Fsp3) is 0.188. The Morgan fingerprint density at radius 1 is 1.15 bits per heavy atom. The van der Waals surface area contributed by atoms with Gasteiger partial charge in [0.15, 0.2) is 0 Å². The molecule has 4 heteroatoms. The summed E-state index contributed by atoms with van der Waals surface area (Å²) in [7, 11) is 0. The number of rotatable bonds is 5. The highest BCUT2D eigenvalue weighted by atomic mass is 79.9.